The van der Waals surface area contributed by atoms with Gasteiger partial charge in [-0.1, -0.05) is 25.8 Å². The van der Waals surface area contributed by atoms with Gasteiger partial charge in [-0.3, -0.25) is 14.4 Å². The van der Waals surface area contributed by atoms with E-state index in [9.17, 15) is 4.79 Å². The number of aromatic nitrogens is 2. The number of nitrogens with zero attached hydrogens (tertiary/aromatic N) is 2. The molecule has 1 amide bonds. The fourth-order valence-corrected chi connectivity index (χ4v) is 2.27. The number of hydrogen-bond acceptors (Lipinski definition) is 5. The maximum Gasteiger partial charge on any atom is 0.262 e. The number of aryl methyl sites for hydroxylation is 1. The van der Waals surface area contributed by atoms with Crippen LogP contribution in [0.2, 0.25) is 0 Å². The Kier molecular flexibility index (Phi) is 4.99. The summed E-state index contributed by atoms with van der Waals surface area (Å²) in [6.45, 7) is 2.10. The summed E-state index contributed by atoms with van der Waals surface area (Å²) in [5.41, 5.74) is 9.22. The molecule has 5 N–H and O–H groups in total. The van der Waals surface area contributed by atoms with E-state index in [1.807, 2.05) is 12.1 Å². The van der Waals surface area contributed by atoms with E-state index in [0.29, 0.717) is 11.6 Å². The lowest BCUT2D eigenvalue weighted by molar-refractivity contribution is -0.127. The van der Waals surface area contributed by atoms with Crippen LogP contribution in [0.4, 0.5) is 11.6 Å². The fraction of sp³-hybridized carbons (Fsp3) is 0.429. The van der Waals surface area contributed by atoms with Crippen LogP contribution in [0.3, 0.4) is 0 Å². The van der Waals surface area contributed by atoms with E-state index in [-0.39, 0.29) is 6.54 Å². The molecule has 7 nitrogen and oxygen atoms in total. The highest BCUT2D eigenvalue weighted by Crippen LogP contribution is 2.23. The molecule has 0 unspecified atom stereocenters. The largest absolute Gasteiger partial charge is 0.385 e. The Labute approximate surface area is 123 Å². The van der Waals surface area contributed by atoms with Crippen LogP contribution in [-0.2, 0) is 11.2 Å². The molecule has 0 aliphatic carbocycles. The van der Waals surface area contributed by atoms with Crippen molar-refractivity contribution in [1.82, 2.24) is 14.9 Å². The third-order valence-electron chi connectivity index (χ3n) is 3.30. The highest BCUT2D eigenvalue weighted by Gasteiger charge is 2.14. The number of nitrogens with two attached hydrogens (primary N) is 1. The van der Waals surface area contributed by atoms with Crippen LogP contribution in [0.15, 0.2) is 18.2 Å². The number of anilines is 2. The molecule has 0 fully saturated rings. The molecule has 2 aromatic rings. The maximum atomic E-state index is 11.2. The second-order valence-electron chi connectivity index (χ2n) is 4.90. The molecule has 7 heteroatoms. The summed E-state index contributed by atoms with van der Waals surface area (Å²) in [6.07, 6.45) is 4.10. The third-order valence-corrected chi connectivity index (χ3v) is 3.30. The number of rotatable bonds is 7. The second kappa shape index (κ2) is 6.94. The van der Waals surface area contributed by atoms with Crippen molar-refractivity contribution in [2.45, 2.75) is 32.6 Å². The summed E-state index contributed by atoms with van der Waals surface area (Å²) in [5, 5.41) is 11.6. The van der Waals surface area contributed by atoms with Crippen molar-refractivity contribution >= 4 is 23.2 Å². The van der Waals surface area contributed by atoms with E-state index in [2.05, 4.69) is 17.2 Å². The number of hydrogen-bond donors (Lipinski definition) is 4. The standard InChI is InChI=1S/C14H21N5O2/c1-2-3-4-6-10-14(16-9-13(20)18-21)19-11(15)7-5-8-12(19)17-10/h5,7-8,16,21H,2-4,6,9,15H2,1H3,(H,18,20). The summed E-state index contributed by atoms with van der Waals surface area (Å²) in [6, 6.07) is 5.50. The highest BCUT2D eigenvalue weighted by molar-refractivity contribution is 5.79. The summed E-state index contributed by atoms with van der Waals surface area (Å²) in [4.78, 5) is 15.8. The molecule has 2 heterocycles. The summed E-state index contributed by atoms with van der Waals surface area (Å²) in [5.74, 6) is 0.746. The minimum Gasteiger partial charge on any atom is -0.385 e. The van der Waals surface area contributed by atoms with Crippen molar-refractivity contribution in [2.75, 3.05) is 17.6 Å². The van der Waals surface area contributed by atoms with Gasteiger partial charge in [0, 0.05) is 0 Å². The van der Waals surface area contributed by atoms with Crippen molar-refractivity contribution in [3.8, 4) is 0 Å². The molecule has 0 aliphatic rings. The predicted molar refractivity (Wildman–Crippen MR) is 81.3 cm³/mol. The zero-order valence-corrected chi connectivity index (χ0v) is 12.1. The van der Waals surface area contributed by atoms with Crippen LogP contribution >= 0.6 is 0 Å². The number of carbonyl (C=O) groups is 1. The van der Waals surface area contributed by atoms with E-state index < -0.39 is 5.91 Å². The van der Waals surface area contributed by atoms with Crippen LogP contribution < -0.4 is 16.5 Å². The van der Waals surface area contributed by atoms with Gasteiger partial charge in [-0.25, -0.2) is 10.5 Å². The van der Waals surface area contributed by atoms with Gasteiger partial charge in [-0.05, 0) is 25.0 Å². The zero-order valence-electron chi connectivity index (χ0n) is 12.1. The average molecular weight is 291 g/mol. The van der Waals surface area contributed by atoms with Gasteiger partial charge in [-0.15, -0.1) is 0 Å². The number of nitrogen functional groups attached to an aromatic ring is 1. The van der Waals surface area contributed by atoms with Crippen molar-refractivity contribution in [3.63, 3.8) is 0 Å². The van der Waals surface area contributed by atoms with Crippen LogP contribution in [0.1, 0.15) is 31.9 Å². The smallest absolute Gasteiger partial charge is 0.262 e. The van der Waals surface area contributed by atoms with Crippen molar-refractivity contribution in [2.24, 2.45) is 0 Å². The Morgan fingerprint density at radius 3 is 2.95 bits per heavy atom. The molecule has 21 heavy (non-hydrogen) atoms. The molecule has 0 radical (unpaired) electrons. The Bertz CT molecular complexity index is 623. The molecule has 2 aromatic heterocycles. The van der Waals surface area contributed by atoms with Gasteiger partial charge < -0.3 is 11.1 Å². The Morgan fingerprint density at radius 2 is 2.24 bits per heavy atom. The van der Waals surface area contributed by atoms with Gasteiger partial charge in [0.25, 0.3) is 5.91 Å². The number of unbranched alkanes of at least 4 members (excludes halogenated alkanes) is 2. The zero-order chi connectivity index (χ0) is 15.2. The molecule has 114 valence electrons. The monoisotopic (exact) mass is 291 g/mol. The van der Waals surface area contributed by atoms with Gasteiger partial charge in [0.2, 0.25) is 0 Å². The van der Waals surface area contributed by atoms with E-state index in [0.717, 1.165) is 37.0 Å². The second-order valence-corrected chi connectivity index (χ2v) is 4.90. The van der Waals surface area contributed by atoms with Crippen molar-refractivity contribution < 1.29 is 10.0 Å². The van der Waals surface area contributed by atoms with Gasteiger partial charge >= 0.3 is 0 Å². The lowest BCUT2D eigenvalue weighted by Crippen LogP contribution is -2.27. The number of fused-ring (bicyclic) bond motifs is 1. The fourth-order valence-electron chi connectivity index (χ4n) is 2.27. The number of pyridine rings is 1. The van der Waals surface area contributed by atoms with Gasteiger partial charge in [0.15, 0.2) is 0 Å². The molecule has 0 saturated carbocycles. The summed E-state index contributed by atoms with van der Waals surface area (Å²) >= 11 is 0. The Balaban J connectivity index is 2.31. The van der Waals surface area contributed by atoms with E-state index in [4.69, 9.17) is 10.9 Å². The molecule has 0 spiro atoms. The average Bonchev–Trinajstić information content (AvgIpc) is 2.84. The molecular weight excluding hydrogens is 270 g/mol. The Hall–Kier alpha value is -2.28. The molecule has 0 atom stereocenters. The summed E-state index contributed by atoms with van der Waals surface area (Å²) < 4.78 is 1.78. The first-order valence-electron chi connectivity index (χ1n) is 7.10. The maximum absolute atomic E-state index is 11.2. The molecule has 0 bridgehead atoms. The highest BCUT2D eigenvalue weighted by atomic mass is 16.5. The molecule has 0 saturated heterocycles. The van der Waals surface area contributed by atoms with Crippen LogP contribution in [-0.4, -0.2) is 27.0 Å². The number of hydroxylamine groups is 1. The Morgan fingerprint density at radius 1 is 1.43 bits per heavy atom. The lowest BCUT2D eigenvalue weighted by atomic mass is 10.1. The molecule has 0 aliphatic heterocycles. The SMILES string of the molecule is CCCCCc1nc2cccc(N)n2c1NCC(=O)NO. The number of imidazole rings is 1. The predicted octanol–water partition coefficient (Wildman–Crippen LogP) is 1.57. The first-order chi connectivity index (χ1) is 10.2. The normalized spacial score (nSPS) is 10.8. The molecule has 0 aromatic carbocycles. The van der Waals surface area contributed by atoms with Crippen LogP contribution in [0.25, 0.3) is 5.65 Å². The molecular formula is C14H21N5O2. The van der Waals surface area contributed by atoms with E-state index in [1.54, 1.807) is 15.9 Å². The van der Waals surface area contributed by atoms with Gasteiger partial charge in [0.1, 0.15) is 17.3 Å². The topological polar surface area (TPSA) is 105 Å². The van der Waals surface area contributed by atoms with E-state index >= 15 is 0 Å². The van der Waals surface area contributed by atoms with E-state index in [1.165, 1.54) is 0 Å². The number of amides is 1. The minimum absolute atomic E-state index is 0.0423. The van der Waals surface area contributed by atoms with Gasteiger partial charge in [-0.2, -0.15) is 0 Å². The van der Waals surface area contributed by atoms with Crippen molar-refractivity contribution in [1.29, 1.82) is 0 Å². The third kappa shape index (κ3) is 3.43. The quantitative estimate of drug-likeness (QED) is 0.352. The summed E-state index contributed by atoms with van der Waals surface area (Å²) in [7, 11) is 0. The van der Waals surface area contributed by atoms with Crippen molar-refractivity contribution in [3.05, 3.63) is 23.9 Å². The first kappa shape index (κ1) is 15.1. The molecule has 2 rings (SSSR count). The number of carbonyl (C=O) groups excluding carboxylic acids is 1. The number of nitrogens with one attached hydrogen (secondary N) is 2. The van der Waals surface area contributed by atoms with Gasteiger partial charge in [0.05, 0.1) is 12.2 Å². The first-order valence-corrected chi connectivity index (χ1v) is 7.10. The van der Waals surface area contributed by atoms with Crippen LogP contribution in [0.5, 0.6) is 0 Å². The minimum atomic E-state index is -0.515. The lowest BCUT2D eigenvalue weighted by Gasteiger charge is -2.09. The van der Waals surface area contributed by atoms with Crippen LogP contribution in [0, 0.1) is 0 Å².